The van der Waals surface area contributed by atoms with Gasteiger partial charge < -0.3 is 19.3 Å². The van der Waals surface area contributed by atoms with Crippen molar-refractivity contribution in [3.63, 3.8) is 0 Å². The van der Waals surface area contributed by atoms with Crippen molar-refractivity contribution in [2.24, 2.45) is 0 Å². The van der Waals surface area contributed by atoms with E-state index in [-0.39, 0.29) is 6.04 Å². The number of rotatable bonds is 6. The van der Waals surface area contributed by atoms with E-state index >= 15 is 0 Å². The maximum atomic E-state index is 11.4. The molecule has 3 aromatic rings. The molecule has 0 bridgehead atoms. The first-order valence-corrected chi connectivity index (χ1v) is 8.75. The first-order valence-electron chi connectivity index (χ1n) is 8.75. The van der Waals surface area contributed by atoms with E-state index in [1.807, 2.05) is 19.9 Å². The Morgan fingerprint density at radius 2 is 1.64 bits per heavy atom. The summed E-state index contributed by atoms with van der Waals surface area (Å²) in [6.45, 7) is 3.65. The number of hydrogen-bond acceptors (Lipinski definition) is 5. The number of carbonyl (C=O) groups is 1. The van der Waals surface area contributed by atoms with Crippen molar-refractivity contribution >= 4 is 22.7 Å². The predicted molar refractivity (Wildman–Crippen MR) is 107 cm³/mol. The highest BCUT2D eigenvalue weighted by atomic mass is 16.5. The molecule has 2 aromatic carbocycles. The van der Waals surface area contributed by atoms with Crippen LogP contribution in [0.4, 0.5) is 10.5 Å². The molecule has 0 aliphatic carbocycles. The van der Waals surface area contributed by atoms with Crippen LogP contribution in [0.25, 0.3) is 10.9 Å². The third kappa shape index (κ3) is 3.78. The number of hydrogen-bond donors (Lipinski definition) is 1. The minimum Gasteiger partial charge on any atom is -0.493 e. The number of ether oxygens (including phenoxy) is 3. The minimum absolute atomic E-state index is 0.171. The zero-order chi connectivity index (χ0) is 20.3. The zero-order valence-electron chi connectivity index (χ0n) is 16.2. The highest BCUT2D eigenvalue weighted by Gasteiger charge is 2.18. The van der Waals surface area contributed by atoms with Gasteiger partial charge >= 0.3 is 6.09 Å². The molecule has 146 valence electrons. The van der Waals surface area contributed by atoms with Gasteiger partial charge in [-0.05, 0) is 50.2 Å². The Bertz CT molecular complexity index is 986. The second kappa shape index (κ2) is 8.04. The highest BCUT2D eigenvalue weighted by molar-refractivity contribution is 5.88. The van der Waals surface area contributed by atoms with Crippen LogP contribution in [0.3, 0.4) is 0 Å². The number of pyridine rings is 1. The monoisotopic (exact) mass is 382 g/mol. The normalized spacial score (nSPS) is 10.8. The molecule has 1 N–H and O–H groups in total. The second-order valence-corrected chi connectivity index (χ2v) is 6.38. The molecule has 0 spiro atoms. The molecule has 0 unspecified atom stereocenters. The van der Waals surface area contributed by atoms with E-state index in [2.05, 4.69) is 4.98 Å². The summed E-state index contributed by atoms with van der Waals surface area (Å²) in [4.78, 5) is 17.1. The number of anilines is 1. The fourth-order valence-electron chi connectivity index (χ4n) is 2.97. The van der Waals surface area contributed by atoms with Gasteiger partial charge in [0.25, 0.3) is 0 Å². The maximum absolute atomic E-state index is 11.4. The van der Waals surface area contributed by atoms with Gasteiger partial charge in [0, 0.05) is 29.4 Å². The van der Waals surface area contributed by atoms with Crippen LogP contribution in [0.1, 0.15) is 13.8 Å². The number of fused-ring (bicyclic) bond motifs is 1. The molecule has 28 heavy (non-hydrogen) atoms. The maximum Gasteiger partial charge on any atom is 0.412 e. The Balaban J connectivity index is 1.93. The van der Waals surface area contributed by atoms with Gasteiger partial charge in [0.15, 0.2) is 11.5 Å². The van der Waals surface area contributed by atoms with Gasteiger partial charge in [-0.2, -0.15) is 0 Å². The van der Waals surface area contributed by atoms with Crippen LogP contribution in [-0.2, 0) is 0 Å². The fraction of sp³-hybridized carbons (Fsp3) is 0.238. The summed E-state index contributed by atoms with van der Waals surface area (Å²) >= 11 is 0. The molecule has 0 saturated carbocycles. The first kappa shape index (κ1) is 19.3. The third-order valence-corrected chi connectivity index (χ3v) is 4.27. The summed E-state index contributed by atoms with van der Waals surface area (Å²) in [5.41, 5.74) is 1.30. The summed E-state index contributed by atoms with van der Waals surface area (Å²) < 4.78 is 16.7. The Kier molecular flexibility index (Phi) is 5.54. The first-order chi connectivity index (χ1) is 13.4. The number of aromatic nitrogens is 1. The molecule has 3 rings (SSSR count). The quantitative estimate of drug-likeness (QED) is 0.650. The third-order valence-electron chi connectivity index (χ3n) is 4.27. The molecule has 1 heterocycles. The van der Waals surface area contributed by atoms with E-state index in [1.54, 1.807) is 56.8 Å². The number of amides is 1. The van der Waals surface area contributed by atoms with Crippen molar-refractivity contribution in [2.75, 3.05) is 19.1 Å². The predicted octanol–water partition coefficient (Wildman–Crippen LogP) is 4.94. The topological polar surface area (TPSA) is 81.1 Å². The van der Waals surface area contributed by atoms with Gasteiger partial charge in [0.05, 0.1) is 19.7 Å². The van der Waals surface area contributed by atoms with Crippen molar-refractivity contribution in [1.82, 2.24) is 4.98 Å². The summed E-state index contributed by atoms with van der Waals surface area (Å²) in [7, 11) is 3.14. The van der Waals surface area contributed by atoms with Crippen LogP contribution >= 0.6 is 0 Å². The van der Waals surface area contributed by atoms with Gasteiger partial charge in [-0.1, -0.05) is 0 Å². The number of methoxy groups -OCH3 is 2. The van der Waals surface area contributed by atoms with Gasteiger partial charge in [-0.15, -0.1) is 0 Å². The Morgan fingerprint density at radius 3 is 2.21 bits per heavy atom. The van der Waals surface area contributed by atoms with E-state index in [9.17, 15) is 9.90 Å². The van der Waals surface area contributed by atoms with Crippen molar-refractivity contribution in [3.8, 4) is 23.0 Å². The number of carboxylic acid groups (broad SMARTS) is 1. The Hall–Kier alpha value is -3.48. The summed E-state index contributed by atoms with van der Waals surface area (Å²) in [6, 6.07) is 12.1. The summed E-state index contributed by atoms with van der Waals surface area (Å²) in [5, 5.41) is 10.2. The summed E-state index contributed by atoms with van der Waals surface area (Å²) in [6.07, 6.45) is 0.660. The molecule has 1 aromatic heterocycles. The highest BCUT2D eigenvalue weighted by Crippen LogP contribution is 2.37. The van der Waals surface area contributed by atoms with Crippen molar-refractivity contribution in [1.29, 1.82) is 0 Å². The zero-order valence-corrected chi connectivity index (χ0v) is 16.2. The average Bonchev–Trinajstić information content (AvgIpc) is 2.68. The van der Waals surface area contributed by atoms with Gasteiger partial charge in [0.1, 0.15) is 11.5 Å². The molecular formula is C21H22N2O5. The van der Waals surface area contributed by atoms with E-state index in [1.165, 1.54) is 4.90 Å². The molecule has 7 nitrogen and oxygen atoms in total. The molecule has 0 saturated heterocycles. The standard InChI is InChI=1S/C21H22N2O5/c1-13(2)23(21(24)25)14-5-7-15(8-6-14)28-18-9-10-22-17-12-20(27-4)19(26-3)11-16(17)18/h5-13H,1-4H3,(H,24,25). The Labute approximate surface area is 163 Å². The van der Waals surface area contributed by atoms with Crippen LogP contribution in [0.15, 0.2) is 48.7 Å². The molecule has 0 fully saturated rings. The fourth-order valence-corrected chi connectivity index (χ4v) is 2.97. The second-order valence-electron chi connectivity index (χ2n) is 6.38. The Morgan fingerprint density at radius 1 is 1.00 bits per heavy atom. The van der Waals surface area contributed by atoms with Crippen LogP contribution in [0.5, 0.6) is 23.0 Å². The largest absolute Gasteiger partial charge is 0.493 e. The average molecular weight is 382 g/mol. The minimum atomic E-state index is -0.996. The smallest absolute Gasteiger partial charge is 0.412 e. The van der Waals surface area contributed by atoms with Crippen LogP contribution in [0.2, 0.25) is 0 Å². The molecule has 1 amide bonds. The molecule has 0 atom stereocenters. The molecule has 0 radical (unpaired) electrons. The molecule has 0 aliphatic rings. The van der Waals surface area contributed by atoms with Gasteiger partial charge in [-0.3, -0.25) is 9.88 Å². The van der Waals surface area contributed by atoms with Gasteiger partial charge in [0.2, 0.25) is 0 Å². The van der Waals surface area contributed by atoms with Crippen LogP contribution in [0, 0.1) is 0 Å². The lowest BCUT2D eigenvalue weighted by Crippen LogP contribution is -2.35. The molecular weight excluding hydrogens is 360 g/mol. The van der Waals surface area contributed by atoms with Crippen molar-refractivity contribution in [3.05, 3.63) is 48.7 Å². The van der Waals surface area contributed by atoms with Crippen LogP contribution in [-0.4, -0.2) is 36.4 Å². The van der Waals surface area contributed by atoms with E-state index in [4.69, 9.17) is 14.2 Å². The van der Waals surface area contributed by atoms with Crippen LogP contribution < -0.4 is 19.1 Å². The molecule has 0 aliphatic heterocycles. The summed E-state index contributed by atoms with van der Waals surface area (Å²) in [5.74, 6) is 2.36. The molecule has 7 heteroatoms. The SMILES string of the molecule is COc1cc2nccc(Oc3ccc(N(C(=O)O)C(C)C)cc3)c2cc1OC. The van der Waals surface area contributed by atoms with E-state index in [0.29, 0.717) is 34.2 Å². The van der Waals surface area contributed by atoms with Crippen molar-refractivity contribution in [2.45, 2.75) is 19.9 Å². The lowest BCUT2D eigenvalue weighted by atomic mass is 10.1. The van der Waals surface area contributed by atoms with Crippen molar-refractivity contribution < 1.29 is 24.1 Å². The lowest BCUT2D eigenvalue weighted by Gasteiger charge is -2.23. The number of nitrogens with zero attached hydrogens (tertiary/aromatic N) is 2. The lowest BCUT2D eigenvalue weighted by molar-refractivity contribution is 0.200. The van der Waals surface area contributed by atoms with E-state index in [0.717, 1.165) is 5.39 Å². The van der Waals surface area contributed by atoms with E-state index < -0.39 is 6.09 Å². The number of benzene rings is 2. The van der Waals surface area contributed by atoms with Gasteiger partial charge in [-0.25, -0.2) is 4.79 Å².